The Hall–Kier alpha value is 0.757. The summed E-state index contributed by atoms with van der Waals surface area (Å²) in [6.45, 7) is 2.86. The van der Waals surface area contributed by atoms with Gasteiger partial charge in [-0.05, 0) is 6.54 Å². The minimum Gasteiger partial charge on any atom is -0.316 e. The molecule has 0 saturated carbocycles. The molecule has 1 nitrogen and oxygen atoms in total. The maximum absolute atomic E-state index is 5.37. The molecular formula is C2H7Cl2NSi. The predicted octanol–water partition coefficient (Wildman–Crippen LogP) is 0.791. The first-order chi connectivity index (χ1) is 2.77. The van der Waals surface area contributed by atoms with Crippen molar-refractivity contribution in [2.24, 2.45) is 0 Å². The van der Waals surface area contributed by atoms with Crippen LogP contribution in [0.15, 0.2) is 0 Å². The molecule has 0 aliphatic carbocycles. The summed E-state index contributed by atoms with van der Waals surface area (Å²) in [5.74, 6) is 0. The van der Waals surface area contributed by atoms with Crippen LogP contribution in [0.5, 0.6) is 0 Å². The molecule has 6 heavy (non-hydrogen) atoms. The molecule has 0 amide bonds. The zero-order chi connectivity index (χ0) is 4.99. The van der Waals surface area contributed by atoms with E-state index in [9.17, 15) is 0 Å². The van der Waals surface area contributed by atoms with Gasteiger partial charge in [0.15, 0.2) is 0 Å². The Morgan fingerprint density at radius 2 is 2.17 bits per heavy atom. The first kappa shape index (κ1) is 6.76. The molecule has 0 saturated heterocycles. The standard InChI is InChI=1S/C2H7Cl2NSi/c1-2-5-6(3)4/h5-6H,2H2,1H3. The van der Waals surface area contributed by atoms with E-state index >= 15 is 0 Å². The minimum atomic E-state index is -1.48. The number of halogens is 2. The molecule has 0 atom stereocenters. The van der Waals surface area contributed by atoms with Crippen molar-refractivity contribution >= 4 is 29.7 Å². The third kappa shape index (κ3) is 4.76. The fourth-order valence-corrected chi connectivity index (χ4v) is 1.39. The van der Waals surface area contributed by atoms with Crippen molar-refractivity contribution in [2.75, 3.05) is 6.54 Å². The maximum Gasteiger partial charge on any atom is 0.306 e. The van der Waals surface area contributed by atoms with Gasteiger partial charge < -0.3 is 4.98 Å². The summed E-state index contributed by atoms with van der Waals surface area (Å²) >= 11 is 10.7. The largest absolute Gasteiger partial charge is 0.316 e. The van der Waals surface area contributed by atoms with Gasteiger partial charge in [-0.25, -0.2) is 0 Å². The van der Waals surface area contributed by atoms with Crippen LogP contribution in [0, 0.1) is 0 Å². The van der Waals surface area contributed by atoms with Crippen LogP contribution in [-0.4, -0.2) is 14.1 Å². The molecule has 0 bridgehead atoms. The molecule has 0 aromatic carbocycles. The van der Waals surface area contributed by atoms with Crippen LogP contribution in [0.4, 0.5) is 0 Å². The summed E-state index contributed by atoms with van der Waals surface area (Å²) in [5.41, 5.74) is 0. The van der Waals surface area contributed by atoms with Crippen molar-refractivity contribution in [1.82, 2.24) is 4.98 Å². The van der Waals surface area contributed by atoms with Crippen molar-refractivity contribution in [3.63, 3.8) is 0 Å². The summed E-state index contributed by atoms with van der Waals surface area (Å²) in [4.78, 5) is 2.88. The highest BCUT2D eigenvalue weighted by Gasteiger charge is 1.93. The van der Waals surface area contributed by atoms with Crippen molar-refractivity contribution in [3.8, 4) is 0 Å². The van der Waals surface area contributed by atoms with Crippen molar-refractivity contribution in [2.45, 2.75) is 6.92 Å². The van der Waals surface area contributed by atoms with Crippen LogP contribution in [0.25, 0.3) is 0 Å². The monoisotopic (exact) mass is 143 g/mol. The van der Waals surface area contributed by atoms with Crippen LogP contribution in [0.2, 0.25) is 0 Å². The van der Waals surface area contributed by atoms with Gasteiger partial charge in [0.05, 0.1) is 0 Å². The second-order valence-corrected chi connectivity index (χ2v) is 5.16. The summed E-state index contributed by atoms with van der Waals surface area (Å²) in [6, 6.07) is 0. The Morgan fingerprint density at radius 3 is 2.17 bits per heavy atom. The third-order valence-corrected chi connectivity index (χ3v) is 2.00. The molecule has 0 radical (unpaired) electrons. The van der Waals surface area contributed by atoms with E-state index in [0.717, 1.165) is 6.54 Å². The van der Waals surface area contributed by atoms with Gasteiger partial charge in [-0.2, -0.15) is 0 Å². The van der Waals surface area contributed by atoms with Gasteiger partial charge in [0.2, 0.25) is 0 Å². The molecule has 0 aliphatic rings. The van der Waals surface area contributed by atoms with Gasteiger partial charge in [-0.15, -0.1) is 22.2 Å². The van der Waals surface area contributed by atoms with Gasteiger partial charge in [-0.3, -0.25) is 0 Å². The molecule has 4 heteroatoms. The van der Waals surface area contributed by atoms with E-state index in [0.29, 0.717) is 0 Å². The van der Waals surface area contributed by atoms with Crippen LogP contribution in [-0.2, 0) is 0 Å². The lowest BCUT2D eigenvalue weighted by Gasteiger charge is -1.93. The molecular weight excluding hydrogens is 137 g/mol. The molecule has 0 unspecified atom stereocenters. The Morgan fingerprint density at radius 1 is 1.67 bits per heavy atom. The molecule has 0 aliphatic heterocycles. The fourth-order valence-electron chi connectivity index (χ4n) is 0.154. The first-order valence-corrected chi connectivity index (χ1v) is 5.85. The molecule has 0 spiro atoms. The normalized spacial score (nSPS) is 10.0. The van der Waals surface area contributed by atoms with Gasteiger partial charge >= 0.3 is 7.58 Å². The number of nitrogens with one attached hydrogen (secondary N) is 1. The van der Waals surface area contributed by atoms with E-state index in [-0.39, 0.29) is 0 Å². The second kappa shape index (κ2) is 3.93. The highest BCUT2D eigenvalue weighted by atomic mass is 35.7. The van der Waals surface area contributed by atoms with Crippen molar-refractivity contribution < 1.29 is 0 Å². The van der Waals surface area contributed by atoms with Gasteiger partial charge in [0.25, 0.3) is 0 Å². The Labute approximate surface area is 48.7 Å². The van der Waals surface area contributed by atoms with E-state index in [2.05, 4.69) is 4.98 Å². The number of rotatable bonds is 2. The lowest BCUT2D eigenvalue weighted by molar-refractivity contribution is 1.01. The Bertz CT molecular complexity index is 32.7. The molecule has 0 heterocycles. The Kier molecular flexibility index (Phi) is 4.43. The van der Waals surface area contributed by atoms with Gasteiger partial charge in [0.1, 0.15) is 0 Å². The topological polar surface area (TPSA) is 12.0 Å². The van der Waals surface area contributed by atoms with Gasteiger partial charge in [-0.1, -0.05) is 6.92 Å². The lowest BCUT2D eigenvalue weighted by Crippen LogP contribution is -2.21. The third-order valence-electron chi connectivity index (χ3n) is 0.358. The second-order valence-electron chi connectivity index (χ2n) is 0.858. The summed E-state index contributed by atoms with van der Waals surface area (Å²) in [7, 11) is -1.48. The first-order valence-electron chi connectivity index (χ1n) is 1.79. The lowest BCUT2D eigenvalue weighted by atomic mass is 10.8. The molecule has 38 valence electrons. The Balaban J connectivity index is 2.63. The van der Waals surface area contributed by atoms with E-state index in [4.69, 9.17) is 22.2 Å². The predicted molar refractivity (Wildman–Crippen MR) is 32.5 cm³/mol. The van der Waals surface area contributed by atoms with E-state index in [1.165, 1.54) is 0 Å². The fraction of sp³-hybridized carbons (Fsp3) is 1.00. The van der Waals surface area contributed by atoms with Gasteiger partial charge in [0, 0.05) is 0 Å². The van der Waals surface area contributed by atoms with Crippen molar-refractivity contribution in [1.29, 1.82) is 0 Å². The van der Waals surface area contributed by atoms with Crippen LogP contribution >= 0.6 is 22.2 Å². The highest BCUT2D eigenvalue weighted by molar-refractivity contribution is 7.32. The number of hydrogen-bond donors (Lipinski definition) is 1. The smallest absolute Gasteiger partial charge is 0.306 e. The molecule has 0 aromatic heterocycles. The summed E-state index contributed by atoms with van der Waals surface area (Å²) in [5, 5.41) is 0. The minimum absolute atomic E-state index is 0.879. The van der Waals surface area contributed by atoms with Crippen molar-refractivity contribution in [3.05, 3.63) is 0 Å². The zero-order valence-electron chi connectivity index (χ0n) is 3.54. The van der Waals surface area contributed by atoms with E-state index in [1.54, 1.807) is 0 Å². The number of hydrogen-bond acceptors (Lipinski definition) is 1. The summed E-state index contributed by atoms with van der Waals surface area (Å²) < 4.78 is 0. The van der Waals surface area contributed by atoms with Crippen LogP contribution < -0.4 is 4.98 Å². The zero-order valence-corrected chi connectivity index (χ0v) is 6.21. The highest BCUT2D eigenvalue weighted by Crippen LogP contribution is 1.86. The molecule has 0 fully saturated rings. The van der Waals surface area contributed by atoms with E-state index < -0.39 is 7.58 Å². The molecule has 0 aromatic rings. The maximum atomic E-state index is 5.37. The van der Waals surface area contributed by atoms with E-state index in [1.807, 2.05) is 6.92 Å². The summed E-state index contributed by atoms with van der Waals surface area (Å²) in [6.07, 6.45) is 0. The SMILES string of the molecule is CCN[SiH](Cl)Cl. The quantitative estimate of drug-likeness (QED) is 0.446. The average molecular weight is 144 g/mol. The molecule has 0 rings (SSSR count). The van der Waals surface area contributed by atoms with Crippen LogP contribution in [0.3, 0.4) is 0 Å². The van der Waals surface area contributed by atoms with Crippen LogP contribution in [0.1, 0.15) is 6.92 Å². The average Bonchev–Trinajstić information content (AvgIpc) is 1.35. The molecule has 1 N–H and O–H groups in total.